The fourth-order valence-electron chi connectivity index (χ4n) is 2.22. The molecule has 142 valence electrons. The number of halogens is 1. The molecule has 0 aliphatic heterocycles. The summed E-state index contributed by atoms with van der Waals surface area (Å²) in [4.78, 5) is 22.8. The summed E-state index contributed by atoms with van der Waals surface area (Å²) >= 11 is 4.39. The van der Waals surface area contributed by atoms with Gasteiger partial charge in [0, 0.05) is 16.1 Å². The zero-order valence-corrected chi connectivity index (χ0v) is 16.8. The third-order valence-corrected chi connectivity index (χ3v) is 5.03. The predicted octanol–water partition coefficient (Wildman–Crippen LogP) is 4.76. The highest BCUT2D eigenvalue weighted by atomic mass is 79.9. The fraction of sp³-hybridized carbons (Fsp3) is 0.0526. The Morgan fingerprint density at radius 2 is 2.00 bits per heavy atom. The van der Waals surface area contributed by atoms with E-state index in [1.165, 1.54) is 12.3 Å². The molecule has 1 N–H and O–H groups in total. The number of hydrogen-bond acceptors (Lipinski definition) is 6. The van der Waals surface area contributed by atoms with Gasteiger partial charge in [0.1, 0.15) is 12.4 Å². The van der Waals surface area contributed by atoms with E-state index in [1.807, 2.05) is 24.3 Å². The SMILES string of the molecule is O=C(N/N=C\c1ccc([N+](=O)[O-])s1)c1ccc(OCc2cccc(Br)c2)cc1. The number of hydrogen-bond donors (Lipinski definition) is 1. The highest BCUT2D eigenvalue weighted by Crippen LogP contribution is 2.22. The largest absolute Gasteiger partial charge is 0.489 e. The second-order valence-electron chi connectivity index (χ2n) is 5.58. The molecule has 7 nitrogen and oxygen atoms in total. The van der Waals surface area contributed by atoms with Crippen LogP contribution in [0.25, 0.3) is 0 Å². The molecule has 0 radical (unpaired) electrons. The van der Waals surface area contributed by atoms with E-state index in [0.717, 1.165) is 21.4 Å². The van der Waals surface area contributed by atoms with E-state index in [0.29, 0.717) is 22.8 Å². The van der Waals surface area contributed by atoms with Crippen LogP contribution < -0.4 is 10.2 Å². The summed E-state index contributed by atoms with van der Waals surface area (Å²) in [5, 5.41) is 14.5. The Morgan fingerprint density at radius 1 is 1.21 bits per heavy atom. The number of nitro groups is 1. The molecule has 0 bridgehead atoms. The van der Waals surface area contributed by atoms with E-state index >= 15 is 0 Å². The number of benzene rings is 2. The number of ether oxygens (including phenoxy) is 1. The zero-order chi connectivity index (χ0) is 19.9. The molecule has 3 aromatic rings. The van der Waals surface area contributed by atoms with Crippen molar-refractivity contribution in [1.82, 2.24) is 5.43 Å². The van der Waals surface area contributed by atoms with Gasteiger partial charge in [0.05, 0.1) is 16.0 Å². The van der Waals surface area contributed by atoms with Crippen molar-refractivity contribution in [3.8, 4) is 5.75 Å². The smallest absolute Gasteiger partial charge is 0.324 e. The summed E-state index contributed by atoms with van der Waals surface area (Å²) in [6.07, 6.45) is 1.37. The van der Waals surface area contributed by atoms with E-state index in [4.69, 9.17) is 4.74 Å². The number of hydrazone groups is 1. The van der Waals surface area contributed by atoms with E-state index in [9.17, 15) is 14.9 Å². The van der Waals surface area contributed by atoms with E-state index < -0.39 is 4.92 Å². The first kappa shape index (κ1) is 19.7. The van der Waals surface area contributed by atoms with E-state index in [2.05, 4.69) is 26.5 Å². The second-order valence-corrected chi connectivity index (χ2v) is 7.58. The molecule has 0 spiro atoms. The molecule has 9 heteroatoms. The Balaban J connectivity index is 1.52. The van der Waals surface area contributed by atoms with Crippen molar-refractivity contribution < 1.29 is 14.5 Å². The van der Waals surface area contributed by atoms with Gasteiger partial charge >= 0.3 is 5.00 Å². The average molecular weight is 460 g/mol. The van der Waals surface area contributed by atoms with Gasteiger partial charge in [-0.25, -0.2) is 5.43 Å². The fourth-order valence-corrected chi connectivity index (χ4v) is 3.36. The number of carbonyl (C=O) groups is 1. The molecule has 1 aromatic heterocycles. The molecule has 0 atom stereocenters. The maximum Gasteiger partial charge on any atom is 0.324 e. The summed E-state index contributed by atoms with van der Waals surface area (Å²) in [5.74, 6) is 0.256. The first-order valence-electron chi connectivity index (χ1n) is 8.06. The lowest BCUT2D eigenvalue weighted by molar-refractivity contribution is -0.380. The lowest BCUT2D eigenvalue weighted by atomic mass is 10.2. The number of thiophene rings is 1. The third kappa shape index (κ3) is 5.48. The van der Waals surface area contributed by atoms with Gasteiger partial charge in [-0.3, -0.25) is 14.9 Å². The van der Waals surface area contributed by atoms with Crippen molar-refractivity contribution >= 4 is 44.4 Å². The minimum atomic E-state index is -0.471. The monoisotopic (exact) mass is 459 g/mol. The van der Waals surface area contributed by atoms with Crippen LogP contribution in [0.15, 0.2) is 70.2 Å². The summed E-state index contributed by atoms with van der Waals surface area (Å²) in [7, 11) is 0. The topological polar surface area (TPSA) is 93.8 Å². The molecule has 0 unspecified atom stereocenters. The van der Waals surface area contributed by atoms with Crippen molar-refractivity contribution in [3.05, 3.63) is 91.3 Å². The second kappa shape index (κ2) is 9.25. The van der Waals surface area contributed by atoms with Gasteiger partial charge in [-0.2, -0.15) is 5.10 Å². The molecule has 0 aliphatic carbocycles. The lowest BCUT2D eigenvalue weighted by Gasteiger charge is -2.07. The molecule has 0 saturated heterocycles. The Morgan fingerprint density at radius 3 is 2.68 bits per heavy atom. The average Bonchev–Trinajstić information content (AvgIpc) is 3.16. The normalized spacial score (nSPS) is 10.8. The maximum atomic E-state index is 12.1. The minimum absolute atomic E-state index is 0.0197. The summed E-state index contributed by atoms with van der Waals surface area (Å²) in [6, 6.07) is 17.5. The summed E-state index contributed by atoms with van der Waals surface area (Å²) in [5.41, 5.74) is 3.84. The quantitative estimate of drug-likeness (QED) is 0.313. The van der Waals surface area contributed by atoms with E-state index in [-0.39, 0.29) is 10.9 Å². The number of nitrogens with one attached hydrogen (secondary N) is 1. The van der Waals surface area contributed by atoms with Gasteiger partial charge in [0.2, 0.25) is 0 Å². The van der Waals surface area contributed by atoms with Crippen LogP contribution in [0.1, 0.15) is 20.8 Å². The van der Waals surface area contributed by atoms with Gasteiger partial charge in [-0.15, -0.1) is 0 Å². The molecule has 0 fully saturated rings. The van der Waals surface area contributed by atoms with Crippen molar-refractivity contribution in [2.45, 2.75) is 6.61 Å². The first-order valence-corrected chi connectivity index (χ1v) is 9.67. The van der Waals surface area contributed by atoms with Crippen molar-refractivity contribution in [1.29, 1.82) is 0 Å². The highest BCUT2D eigenvalue weighted by molar-refractivity contribution is 9.10. The number of carbonyl (C=O) groups excluding carboxylic acids is 1. The molecular weight excluding hydrogens is 446 g/mol. The van der Waals surface area contributed by atoms with Crippen LogP contribution in [0.3, 0.4) is 0 Å². The molecule has 0 saturated carbocycles. The Bertz CT molecular complexity index is 1020. The Labute approximate surface area is 172 Å². The maximum absolute atomic E-state index is 12.1. The van der Waals surface area contributed by atoms with Crippen LogP contribution >= 0.6 is 27.3 Å². The van der Waals surface area contributed by atoms with Crippen molar-refractivity contribution in [2.24, 2.45) is 5.10 Å². The van der Waals surface area contributed by atoms with E-state index in [1.54, 1.807) is 30.3 Å². The molecule has 1 amide bonds. The number of nitrogens with zero attached hydrogens (tertiary/aromatic N) is 2. The molecule has 28 heavy (non-hydrogen) atoms. The van der Waals surface area contributed by atoms with Crippen LogP contribution in [0.5, 0.6) is 5.75 Å². The molecular formula is C19H14BrN3O4S. The minimum Gasteiger partial charge on any atom is -0.489 e. The van der Waals surface area contributed by atoms with Gasteiger partial charge < -0.3 is 4.74 Å². The first-order chi connectivity index (χ1) is 13.5. The predicted molar refractivity (Wildman–Crippen MR) is 111 cm³/mol. The summed E-state index contributed by atoms with van der Waals surface area (Å²) in [6.45, 7) is 0.419. The van der Waals surface area contributed by atoms with Gasteiger partial charge in [-0.05, 0) is 48.0 Å². The molecule has 2 aromatic carbocycles. The lowest BCUT2D eigenvalue weighted by Crippen LogP contribution is -2.17. The third-order valence-electron chi connectivity index (χ3n) is 3.56. The van der Waals surface area contributed by atoms with Crippen LogP contribution in [-0.2, 0) is 6.61 Å². The number of rotatable bonds is 7. The van der Waals surface area contributed by atoms with Gasteiger partial charge in [0.15, 0.2) is 0 Å². The molecule has 3 rings (SSSR count). The van der Waals surface area contributed by atoms with Gasteiger partial charge in [0.25, 0.3) is 5.91 Å². The Hall–Kier alpha value is -3.04. The van der Waals surface area contributed by atoms with Crippen molar-refractivity contribution in [3.63, 3.8) is 0 Å². The number of amides is 1. The van der Waals surface area contributed by atoms with Crippen LogP contribution in [0.2, 0.25) is 0 Å². The molecule has 0 aliphatic rings. The van der Waals surface area contributed by atoms with Crippen LogP contribution in [0.4, 0.5) is 5.00 Å². The van der Waals surface area contributed by atoms with Crippen LogP contribution in [-0.4, -0.2) is 17.0 Å². The zero-order valence-electron chi connectivity index (χ0n) is 14.4. The standard InChI is InChI=1S/C19H14BrN3O4S/c20-15-3-1-2-13(10-15)12-27-16-6-4-14(5-7-16)19(24)22-21-11-17-8-9-18(28-17)23(25)26/h1-11H,12H2,(H,22,24)/b21-11-. The van der Waals surface area contributed by atoms with Gasteiger partial charge in [-0.1, -0.05) is 39.4 Å². The summed E-state index contributed by atoms with van der Waals surface area (Å²) < 4.78 is 6.69. The van der Waals surface area contributed by atoms with Crippen molar-refractivity contribution in [2.75, 3.05) is 0 Å². The van der Waals surface area contributed by atoms with Crippen LogP contribution in [0, 0.1) is 10.1 Å². The Kier molecular flexibility index (Phi) is 6.51. The molecule has 1 heterocycles. The highest BCUT2D eigenvalue weighted by Gasteiger charge is 2.08.